The van der Waals surface area contributed by atoms with Crippen molar-refractivity contribution in [2.75, 3.05) is 13.2 Å². The van der Waals surface area contributed by atoms with Gasteiger partial charge in [0.15, 0.2) is 11.6 Å². The van der Waals surface area contributed by atoms with E-state index in [0.717, 1.165) is 9.88 Å². The quantitative estimate of drug-likeness (QED) is 0.566. The van der Waals surface area contributed by atoms with Gasteiger partial charge in [0.25, 0.3) is 5.91 Å². The van der Waals surface area contributed by atoms with Crippen molar-refractivity contribution in [3.8, 4) is 15.6 Å². The zero-order valence-electron chi connectivity index (χ0n) is 15.9. The van der Waals surface area contributed by atoms with Gasteiger partial charge in [-0.2, -0.15) is 0 Å². The number of nitrogens with zero attached hydrogens (tertiary/aromatic N) is 2. The molecule has 0 unspecified atom stereocenters. The number of carbonyl (C=O) groups is 2. The lowest BCUT2D eigenvalue weighted by molar-refractivity contribution is -0.149. The zero-order chi connectivity index (χ0) is 20.8. The second-order valence-electron chi connectivity index (χ2n) is 7.02. The topological polar surface area (TPSA) is 68.7 Å². The molecule has 1 fully saturated rings. The molecule has 3 atom stereocenters. The third kappa shape index (κ3) is 3.00. The van der Waals surface area contributed by atoms with Crippen LogP contribution in [0.1, 0.15) is 29.0 Å². The van der Waals surface area contributed by atoms with Crippen LogP contribution in [0, 0.1) is 11.7 Å². The second kappa shape index (κ2) is 7.48. The van der Waals surface area contributed by atoms with Crippen LogP contribution in [0.25, 0.3) is 9.88 Å². The van der Waals surface area contributed by atoms with Crippen LogP contribution < -0.4 is 4.74 Å². The van der Waals surface area contributed by atoms with Gasteiger partial charge in [-0.05, 0) is 24.4 Å². The molecule has 0 spiro atoms. The van der Waals surface area contributed by atoms with Crippen molar-refractivity contribution in [1.82, 2.24) is 9.88 Å². The van der Waals surface area contributed by atoms with E-state index in [1.165, 1.54) is 17.4 Å². The van der Waals surface area contributed by atoms with E-state index in [4.69, 9.17) is 9.47 Å². The van der Waals surface area contributed by atoms with Crippen molar-refractivity contribution in [3.63, 3.8) is 0 Å². The molecule has 0 aliphatic carbocycles. The molecule has 1 amide bonds. The largest absolute Gasteiger partial charge is 0.483 e. The molecule has 154 valence electrons. The number of ether oxygens (including phenoxy) is 2. The molecule has 1 saturated heterocycles. The fraction of sp³-hybridized carbons (Fsp3) is 0.286. The van der Waals surface area contributed by atoms with Gasteiger partial charge in [0.1, 0.15) is 22.7 Å². The summed E-state index contributed by atoms with van der Waals surface area (Å²) >= 11 is 2.94. The van der Waals surface area contributed by atoms with Crippen molar-refractivity contribution in [3.05, 3.63) is 58.2 Å². The average molecular weight is 445 g/mol. The number of likely N-dealkylation sites (tertiary alicyclic amines) is 1. The van der Waals surface area contributed by atoms with Crippen LogP contribution >= 0.6 is 22.7 Å². The van der Waals surface area contributed by atoms with Gasteiger partial charge in [0.2, 0.25) is 0 Å². The highest BCUT2D eigenvalue weighted by Gasteiger charge is 2.55. The third-order valence-electron chi connectivity index (χ3n) is 5.31. The van der Waals surface area contributed by atoms with Crippen molar-refractivity contribution in [2.45, 2.75) is 19.1 Å². The molecule has 2 aliphatic heterocycles. The molecule has 1 aromatic carbocycles. The molecule has 6 nitrogen and oxygen atoms in total. The minimum absolute atomic E-state index is 0.0943. The number of fused-ring (bicyclic) bond motifs is 3. The Kier molecular flexibility index (Phi) is 4.79. The summed E-state index contributed by atoms with van der Waals surface area (Å²) in [7, 11) is 0. The molecule has 2 aromatic heterocycles. The predicted molar refractivity (Wildman–Crippen MR) is 110 cm³/mol. The summed E-state index contributed by atoms with van der Waals surface area (Å²) in [5.41, 5.74) is 0.866. The maximum absolute atomic E-state index is 14.3. The lowest BCUT2D eigenvalue weighted by Gasteiger charge is -2.22. The highest BCUT2D eigenvalue weighted by atomic mass is 32.1. The van der Waals surface area contributed by atoms with Gasteiger partial charge in [-0.15, -0.1) is 22.7 Å². The summed E-state index contributed by atoms with van der Waals surface area (Å²) in [5, 5.41) is 4.43. The van der Waals surface area contributed by atoms with Crippen molar-refractivity contribution in [2.24, 2.45) is 5.92 Å². The van der Waals surface area contributed by atoms with Gasteiger partial charge in [-0.1, -0.05) is 18.2 Å². The van der Waals surface area contributed by atoms with E-state index in [1.54, 1.807) is 40.7 Å². The monoisotopic (exact) mass is 444 g/mol. The Morgan fingerprint density at radius 2 is 2.17 bits per heavy atom. The first-order valence-electron chi connectivity index (χ1n) is 9.50. The molecule has 0 N–H and O–H groups in total. The second-order valence-corrected chi connectivity index (χ2v) is 8.82. The van der Waals surface area contributed by atoms with E-state index in [9.17, 15) is 14.0 Å². The smallest absolute Gasteiger partial charge is 0.314 e. The minimum atomic E-state index is -0.693. The van der Waals surface area contributed by atoms with Crippen molar-refractivity contribution < 1.29 is 23.5 Å². The molecule has 3 aromatic rings. The fourth-order valence-corrected chi connectivity index (χ4v) is 5.64. The number of benzene rings is 1. The number of halogens is 1. The first-order chi connectivity index (χ1) is 14.6. The number of amides is 1. The number of esters is 1. The summed E-state index contributed by atoms with van der Waals surface area (Å²) in [4.78, 5) is 33.0. The number of rotatable bonds is 4. The Morgan fingerprint density at radius 1 is 1.30 bits per heavy atom. The summed E-state index contributed by atoms with van der Waals surface area (Å²) in [6.07, 6.45) is -0.685. The van der Waals surface area contributed by atoms with E-state index >= 15 is 0 Å². The number of hydrogen-bond donors (Lipinski definition) is 0. The maximum atomic E-state index is 14.3. The van der Waals surface area contributed by atoms with Gasteiger partial charge in [0.05, 0.1) is 17.5 Å². The maximum Gasteiger partial charge on any atom is 0.314 e. The summed E-state index contributed by atoms with van der Waals surface area (Å²) in [6, 6.07) is 7.93. The van der Waals surface area contributed by atoms with Gasteiger partial charge >= 0.3 is 5.97 Å². The Balaban J connectivity index is 1.50. The van der Waals surface area contributed by atoms with Crippen LogP contribution in [0.5, 0.6) is 5.75 Å². The zero-order valence-corrected chi connectivity index (χ0v) is 17.5. The average Bonchev–Trinajstić information content (AvgIpc) is 3.50. The standard InChI is InChI=1S/C21H17FN2O4S2/c1-2-27-21(26)12-9-24(16-11-5-3-6-13(22)17(11)28-18(12)16)20(25)14-10-30-19(23-14)15-7-4-8-29-15/h3-8,10,12,16,18H,2,9H2,1H3/t12-,16+,18+/m1/s1. The number of para-hydroxylation sites is 1. The summed E-state index contributed by atoms with van der Waals surface area (Å²) in [6.45, 7) is 2.08. The Morgan fingerprint density at radius 3 is 2.93 bits per heavy atom. The van der Waals surface area contributed by atoms with Crippen LogP contribution in [0.4, 0.5) is 4.39 Å². The van der Waals surface area contributed by atoms with Crippen LogP contribution in [0.15, 0.2) is 41.1 Å². The molecule has 0 saturated carbocycles. The van der Waals surface area contributed by atoms with Gasteiger partial charge in [0, 0.05) is 17.5 Å². The molecular weight excluding hydrogens is 427 g/mol. The Hall–Kier alpha value is -2.78. The molecule has 0 radical (unpaired) electrons. The van der Waals surface area contributed by atoms with E-state index in [-0.39, 0.29) is 24.8 Å². The van der Waals surface area contributed by atoms with Gasteiger partial charge in [-0.3, -0.25) is 9.59 Å². The van der Waals surface area contributed by atoms with Crippen molar-refractivity contribution >= 4 is 34.6 Å². The minimum Gasteiger partial charge on any atom is -0.483 e. The number of hydrogen-bond acceptors (Lipinski definition) is 7. The van der Waals surface area contributed by atoms with E-state index < -0.39 is 29.9 Å². The summed E-state index contributed by atoms with van der Waals surface area (Å²) in [5.74, 6) is -1.87. The van der Waals surface area contributed by atoms with Crippen LogP contribution in [-0.4, -0.2) is 41.0 Å². The lowest BCUT2D eigenvalue weighted by Crippen LogP contribution is -2.32. The number of aromatic nitrogens is 1. The molecule has 0 bridgehead atoms. The third-order valence-corrected chi connectivity index (χ3v) is 7.19. The molecule has 9 heteroatoms. The normalized spacial score (nSPS) is 21.8. The highest BCUT2D eigenvalue weighted by molar-refractivity contribution is 7.20. The summed E-state index contributed by atoms with van der Waals surface area (Å²) < 4.78 is 25.4. The van der Waals surface area contributed by atoms with E-state index in [0.29, 0.717) is 11.3 Å². The van der Waals surface area contributed by atoms with Crippen molar-refractivity contribution in [1.29, 1.82) is 0 Å². The highest BCUT2D eigenvalue weighted by Crippen LogP contribution is 2.49. The van der Waals surface area contributed by atoms with E-state index in [1.807, 2.05) is 17.5 Å². The fourth-order valence-electron chi connectivity index (χ4n) is 4.04. The first-order valence-corrected chi connectivity index (χ1v) is 11.3. The molecule has 30 heavy (non-hydrogen) atoms. The van der Waals surface area contributed by atoms with Crippen LogP contribution in [-0.2, 0) is 9.53 Å². The predicted octanol–water partition coefficient (Wildman–Crippen LogP) is 4.15. The molecule has 4 heterocycles. The van der Waals surface area contributed by atoms with E-state index in [2.05, 4.69) is 4.98 Å². The molecule has 2 aliphatic rings. The number of carbonyl (C=O) groups excluding carboxylic acids is 2. The first kappa shape index (κ1) is 19.2. The molecular formula is C21H17FN2O4S2. The van der Waals surface area contributed by atoms with Gasteiger partial charge in [-0.25, -0.2) is 9.37 Å². The Labute approximate surface area is 179 Å². The SMILES string of the molecule is CCOC(=O)[C@@H]1CN(C(=O)c2csc(-c3cccs3)n2)[C@H]2c3cccc(F)c3O[C@@H]12. The lowest BCUT2D eigenvalue weighted by atomic mass is 9.98. The van der Waals surface area contributed by atoms with Gasteiger partial charge < -0.3 is 14.4 Å². The van der Waals surface area contributed by atoms with Crippen LogP contribution in [0.2, 0.25) is 0 Å². The number of thiazole rings is 1. The number of thiophene rings is 1. The Bertz CT molecular complexity index is 1110. The molecule has 5 rings (SSSR count). The van der Waals surface area contributed by atoms with Crippen LogP contribution in [0.3, 0.4) is 0 Å².